The van der Waals surface area contributed by atoms with Crippen molar-refractivity contribution in [3.8, 4) is 11.5 Å². The van der Waals surface area contributed by atoms with Crippen LogP contribution in [0.4, 0.5) is 11.4 Å². The van der Waals surface area contributed by atoms with Crippen LogP contribution in [-0.2, 0) is 4.79 Å². The van der Waals surface area contributed by atoms with Gasteiger partial charge in [-0.15, -0.1) is 11.3 Å². The molecule has 0 spiro atoms. The van der Waals surface area contributed by atoms with Gasteiger partial charge in [0.05, 0.1) is 29.7 Å². The lowest BCUT2D eigenvalue weighted by molar-refractivity contribution is -0.115. The number of benzene rings is 3. The lowest BCUT2D eigenvalue weighted by Crippen LogP contribution is -2.25. The molecule has 2 amide bonds. The van der Waals surface area contributed by atoms with Crippen molar-refractivity contribution in [2.45, 2.75) is 43.7 Å². The van der Waals surface area contributed by atoms with Crippen LogP contribution in [0.25, 0.3) is 10.2 Å². The second-order valence-corrected chi connectivity index (χ2v) is 11.4. The number of amides is 2. The van der Waals surface area contributed by atoms with Crippen LogP contribution >= 0.6 is 23.1 Å². The Balaban J connectivity index is 1.47. The predicted octanol–water partition coefficient (Wildman–Crippen LogP) is 7.00. The molecule has 0 saturated heterocycles. The molecule has 0 saturated carbocycles. The number of carbonyl (C=O) groups excluding carboxylic acids is 2. The predicted molar refractivity (Wildman–Crippen MR) is 156 cm³/mol. The van der Waals surface area contributed by atoms with E-state index < -0.39 is 0 Å². The molecular formula is C29H31N3O4S2. The SMILES string of the molecule is CC[C@H](Sc1nc2ccc(NC(=O)c3ccc(OC)c(OC)c3)cc2s1)C(=O)Nc1c(C)cc(C)cc1C. The smallest absolute Gasteiger partial charge is 0.255 e. The van der Waals surface area contributed by atoms with Gasteiger partial charge in [-0.25, -0.2) is 4.98 Å². The maximum Gasteiger partial charge on any atom is 0.255 e. The van der Waals surface area contributed by atoms with E-state index in [0.717, 1.165) is 31.4 Å². The third-order valence-corrected chi connectivity index (χ3v) is 8.58. The number of aromatic nitrogens is 1. The highest BCUT2D eigenvalue weighted by molar-refractivity contribution is 8.02. The van der Waals surface area contributed by atoms with Gasteiger partial charge in [-0.3, -0.25) is 9.59 Å². The summed E-state index contributed by atoms with van der Waals surface area (Å²) < 4.78 is 12.3. The molecule has 0 aliphatic rings. The molecule has 0 aliphatic carbocycles. The molecule has 1 aromatic heterocycles. The number of aryl methyl sites for hydroxylation is 3. The van der Waals surface area contributed by atoms with Crippen molar-refractivity contribution >= 4 is 56.5 Å². The monoisotopic (exact) mass is 549 g/mol. The summed E-state index contributed by atoms with van der Waals surface area (Å²) in [6.07, 6.45) is 0.670. The van der Waals surface area contributed by atoms with Crippen molar-refractivity contribution in [1.29, 1.82) is 0 Å². The van der Waals surface area contributed by atoms with Crippen LogP contribution in [-0.4, -0.2) is 36.3 Å². The van der Waals surface area contributed by atoms with Crippen molar-refractivity contribution in [3.63, 3.8) is 0 Å². The lowest BCUT2D eigenvalue weighted by atomic mass is 10.0. The summed E-state index contributed by atoms with van der Waals surface area (Å²) in [6, 6.07) is 14.8. The normalized spacial score (nSPS) is 11.7. The molecule has 2 N–H and O–H groups in total. The molecule has 7 nitrogen and oxygen atoms in total. The van der Waals surface area contributed by atoms with Crippen LogP contribution < -0.4 is 20.1 Å². The number of hydrogen-bond donors (Lipinski definition) is 2. The summed E-state index contributed by atoms with van der Waals surface area (Å²) in [6.45, 7) is 8.08. The van der Waals surface area contributed by atoms with Crippen LogP contribution in [0.2, 0.25) is 0 Å². The molecular weight excluding hydrogens is 518 g/mol. The lowest BCUT2D eigenvalue weighted by Gasteiger charge is -2.17. The largest absolute Gasteiger partial charge is 0.493 e. The summed E-state index contributed by atoms with van der Waals surface area (Å²) in [7, 11) is 3.08. The van der Waals surface area contributed by atoms with Gasteiger partial charge in [-0.05, 0) is 74.7 Å². The molecule has 0 radical (unpaired) electrons. The third kappa shape index (κ3) is 6.11. The Morgan fingerprint density at radius 3 is 2.32 bits per heavy atom. The molecule has 9 heteroatoms. The summed E-state index contributed by atoms with van der Waals surface area (Å²) in [4.78, 5) is 30.7. The Morgan fingerprint density at radius 1 is 0.947 bits per heavy atom. The van der Waals surface area contributed by atoms with E-state index in [1.807, 2.05) is 39.0 Å². The molecule has 0 bridgehead atoms. The van der Waals surface area contributed by atoms with E-state index in [1.54, 1.807) is 25.3 Å². The number of nitrogens with one attached hydrogen (secondary N) is 2. The Labute approximate surface area is 231 Å². The summed E-state index contributed by atoms with van der Waals surface area (Å²) in [5.41, 5.74) is 6.09. The number of fused-ring (bicyclic) bond motifs is 1. The van der Waals surface area contributed by atoms with Gasteiger partial charge in [0.25, 0.3) is 5.91 Å². The Morgan fingerprint density at radius 2 is 1.66 bits per heavy atom. The first-order valence-electron chi connectivity index (χ1n) is 12.2. The molecule has 3 aromatic carbocycles. The van der Waals surface area contributed by atoms with E-state index in [9.17, 15) is 9.59 Å². The van der Waals surface area contributed by atoms with Gasteiger partial charge in [-0.1, -0.05) is 36.4 Å². The zero-order valence-electron chi connectivity index (χ0n) is 22.3. The fraction of sp³-hybridized carbons (Fsp3) is 0.276. The number of nitrogens with zero attached hydrogens (tertiary/aromatic N) is 1. The van der Waals surface area contributed by atoms with Crippen LogP contribution in [0, 0.1) is 20.8 Å². The fourth-order valence-electron chi connectivity index (χ4n) is 4.24. The van der Waals surface area contributed by atoms with E-state index >= 15 is 0 Å². The first-order chi connectivity index (χ1) is 18.2. The molecule has 198 valence electrons. The maximum absolute atomic E-state index is 13.1. The minimum atomic E-state index is -0.278. The van der Waals surface area contributed by atoms with Crippen molar-refractivity contribution in [1.82, 2.24) is 4.98 Å². The van der Waals surface area contributed by atoms with Crippen LogP contribution in [0.5, 0.6) is 11.5 Å². The molecule has 1 atom stereocenters. The molecule has 0 fully saturated rings. The van der Waals surface area contributed by atoms with Crippen molar-refractivity contribution in [2.24, 2.45) is 0 Å². The number of rotatable bonds is 9. The van der Waals surface area contributed by atoms with Crippen LogP contribution in [0.1, 0.15) is 40.4 Å². The summed E-state index contributed by atoms with van der Waals surface area (Å²) in [5, 5.41) is 5.78. The molecule has 4 aromatic rings. The number of carbonyl (C=O) groups is 2. The van der Waals surface area contributed by atoms with Gasteiger partial charge in [0, 0.05) is 16.9 Å². The second kappa shape index (κ2) is 11.9. The zero-order valence-corrected chi connectivity index (χ0v) is 23.9. The number of thioether (sulfide) groups is 1. The van der Waals surface area contributed by atoms with Gasteiger partial charge >= 0.3 is 0 Å². The average molecular weight is 550 g/mol. The molecule has 4 rings (SSSR count). The number of methoxy groups -OCH3 is 2. The van der Waals surface area contributed by atoms with E-state index in [4.69, 9.17) is 14.5 Å². The first-order valence-corrected chi connectivity index (χ1v) is 13.9. The average Bonchev–Trinajstić information content (AvgIpc) is 3.30. The first kappa shape index (κ1) is 27.5. The van der Waals surface area contributed by atoms with Gasteiger partial charge in [0.15, 0.2) is 15.8 Å². The highest BCUT2D eigenvalue weighted by Crippen LogP contribution is 2.35. The molecule has 0 aliphatic heterocycles. The second-order valence-electron chi connectivity index (χ2n) is 8.96. The zero-order chi connectivity index (χ0) is 27.4. The Kier molecular flexibility index (Phi) is 8.58. The number of anilines is 2. The van der Waals surface area contributed by atoms with Crippen LogP contribution in [0.3, 0.4) is 0 Å². The van der Waals surface area contributed by atoms with E-state index in [0.29, 0.717) is 29.2 Å². The minimum absolute atomic E-state index is 0.0327. The summed E-state index contributed by atoms with van der Waals surface area (Å²) >= 11 is 2.97. The Bertz CT molecular complexity index is 1480. The Hall–Kier alpha value is -3.56. The molecule has 38 heavy (non-hydrogen) atoms. The van der Waals surface area contributed by atoms with E-state index in [1.165, 1.54) is 35.8 Å². The van der Waals surface area contributed by atoms with Crippen molar-refractivity contribution in [3.05, 3.63) is 70.8 Å². The van der Waals surface area contributed by atoms with Crippen molar-refractivity contribution in [2.75, 3.05) is 24.9 Å². The topological polar surface area (TPSA) is 89.6 Å². The van der Waals surface area contributed by atoms with E-state index in [2.05, 4.69) is 29.7 Å². The highest BCUT2D eigenvalue weighted by Gasteiger charge is 2.22. The fourth-order valence-corrected chi connectivity index (χ4v) is 6.51. The van der Waals surface area contributed by atoms with Gasteiger partial charge in [0.1, 0.15) is 0 Å². The number of thiazole rings is 1. The van der Waals surface area contributed by atoms with E-state index in [-0.39, 0.29) is 17.1 Å². The third-order valence-electron chi connectivity index (χ3n) is 6.10. The standard InChI is InChI=1S/C29H31N3O4S2/c1-7-24(28(34)32-26-17(3)12-16(2)13-18(26)4)37-29-31-21-10-9-20(15-25(21)38-29)30-27(33)19-8-11-22(35-5)23(14-19)36-6/h8-15,24H,7H2,1-6H3,(H,30,33)(H,32,34)/t24-/m0/s1. The quantitative estimate of drug-likeness (QED) is 0.219. The number of hydrogen-bond acceptors (Lipinski definition) is 7. The van der Waals surface area contributed by atoms with Gasteiger partial charge < -0.3 is 20.1 Å². The van der Waals surface area contributed by atoms with Crippen molar-refractivity contribution < 1.29 is 19.1 Å². The molecule has 1 heterocycles. The maximum atomic E-state index is 13.1. The highest BCUT2D eigenvalue weighted by atomic mass is 32.2. The minimum Gasteiger partial charge on any atom is -0.493 e. The molecule has 0 unspecified atom stereocenters. The van der Waals surface area contributed by atoms with Crippen LogP contribution in [0.15, 0.2) is 52.9 Å². The van der Waals surface area contributed by atoms with Gasteiger partial charge in [0.2, 0.25) is 5.91 Å². The number of ether oxygens (including phenoxy) is 2. The van der Waals surface area contributed by atoms with Gasteiger partial charge in [-0.2, -0.15) is 0 Å². The summed E-state index contributed by atoms with van der Waals surface area (Å²) in [5.74, 6) is 0.758.